The summed E-state index contributed by atoms with van der Waals surface area (Å²) < 4.78 is 29.9. The van der Waals surface area contributed by atoms with Crippen molar-refractivity contribution in [2.75, 3.05) is 20.3 Å². The summed E-state index contributed by atoms with van der Waals surface area (Å²) in [5.41, 5.74) is 0.905. The number of aryl methyl sites for hydroxylation is 1. The Bertz CT molecular complexity index is 856. The number of hydrogen-bond acceptors (Lipinski definition) is 5. The van der Waals surface area contributed by atoms with E-state index in [4.69, 9.17) is 14.2 Å². The van der Waals surface area contributed by atoms with E-state index in [0.29, 0.717) is 5.75 Å². The summed E-state index contributed by atoms with van der Waals surface area (Å²) in [5.74, 6) is -0.711. The quantitative estimate of drug-likeness (QED) is 0.713. The van der Waals surface area contributed by atoms with Crippen LogP contribution in [-0.4, -0.2) is 49.2 Å². The van der Waals surface area contributed by atoms with Gasteiger partial charge in [0.05, 0.1) is 13.7 Å². The van der Waals surface area contributed by atoms with Crippen molar-refractivity contribution < 1.29 is 28.2 Å². The molecule has 0 unspecified atom stereocenters. The third kappa shape index (κ3) is 4.42. The maximum absolute atomic E-state index is 13.8. The molecule has 2 aromatic rings. The molecule has 1 amide bonds. The molecular formula is C21H22FNO5. The Morgan fingerprint density at radius 2 is 1.79 bits per heavy atom. The first kappa shape index (κ1) is 19.7. The number of likely N-dealkylation sites (tertiary alicyclic amines) is 1. The zero-order chi connectivity index (χ0) is 20.1. The van der Waals surface area contributed by atoms with E-state index in [1.54, 1.807) is 18.2 Å². The van der Waals surface area contributed by atoms with Gasteiger partial charge in [0.15, 0.2) is 18.2 Å². The average Bonchev–Trinajstić information content (AvgIpc) is 3.12. The third-order valence-corrected chi connectivity index (χ3v) is 4.63. The van der Waals surface area contributed by atoms with Crippen LogP contribution in [0.15, 0.2) is 48.5 Å². The second kappa shape index (κ2) is 8.73. The lowest BCUT2D eigenvalue weighted by atomic mass is 10.2. The Hall–Kier alpha value is -3.09. The second-order valence-electron chi connectivity index (χ2n) is 6.55. The van der Waals surface area contributed by atoms with Crippen molar-refractivity contribution in [3.63, 3.8) is 0 Å². The molecule has 0 bridgehead atoms. The number of para-hydroxylation sites is 2. The van der Waals surface area contributed by atoms with E-state index in [9.17, 15) is 14.0 Å². The molecule has 2 aromatic carbocycles. The highest BCUT2D eigenvalue weighted by molar-refractivity contribution is 5.86. The van der Waals surface area contributed by atoms with Gasteiger partial charge in [-0.05, 0) is 30.7 Å². The molecule has 0 spiro atoms. The van der Waals surface area contributed by atoms with Crippen molar-refractivity contribution in [1.82, 2.24) is 4.90 Å². The smallest absolute Gasteiger partial charge is 0.328 e. The molecule has 2 atom stereocenters. The van der Waals surface area contributed by atoms with Gasteiger partial charge in [0.1, 0.15) is 17.9 Å². The summed E-state index contributed by atoms with van der Waals surface area (Å²) in [5, 5.41) is 0. The average molecular weight is 387 g/mol. The maximum Gasteiger partial charge on any atom is 0.328 e. The third-order valence-electron chi connectivity index (χ3n) is 4.63. The summed E-state index contributed by atoms with van der Waals surface area (Å²) in [6.45, 7) is 1.81. The van der Waals surface area contributed by atoms with Crippen molar-refractivity contribution in [2.24, 2.45) is 0 Å². The lowest BCUT2D eigenvalue weighted by molar-refractivity contribution is -0.151. The molecule has 1 aliphatic rings. The first-order valence-electron chi connectivity index (χ1n) is 8.96. The molecule has 1 aliphatic heterocycles. The zero-order valence-corrected chi connectivity index (χ0v) is 15.8. The number of carbonyl (C=O) groups is 2. The Labute approximate surface area is 162 Å². The van der Waals surface area contributed by atoms with Gasteiger partial charge in [-0.15, -0.1) is 0 Å². The fourth-order valence-electron chi connectivity index (χ4n) is 3.18. The Kier molecular flexibility index (Phi) is 6.13. The van der Waals surface area contributed by atoms with Crippen LogP contribution in [0, 0.1) is 12.7 Å². The Morgan fingerprint density at radius 1 is 1.11 bits per heavy atom. The predicted molar refractivity (Wildman–Crippen MR) is 99.6 cm³/mol. The normalized spacial score (nSPS) is 18.6. The van der Waals surface area contributed by atoms with Crippen LogP contribution in [0.3, 0.4) is 0 Å². The predicted octanol–water partition coefficient (Wildman–Crippen LogP) is 2.73. The molecule has 0 aliphatic carbocycles. The number of rotatable bonds is 6. The van der Waals surface area contributed by atoms with Crippen molar-refractivity contribution in [1.29, 1.82) is 0 Å². The molecule has 0 saturated carbocycles. The minimum atomic E-state index is -0.797. The number of halogens is 1. The molecule has 6 nitrogen and oxygen atoms in total. The first-order chi connectivity index (χ1) is 13.5. The summed E-state index contributed by atoms with van der Waals surface area (Å²) in [6, 6.07) is 12.6. The van der Waals surface area contributed by atoms with Gasteiger partial charge in [0.2, 0.25) is 0 Å². The first-order valence-corrected chi connectivity index (χ1v) is 8.96. The number of amides is 1. The minimum Gasteiger partial charge on any atom is -0.485 e. The van der Waals surface area contributed by atoms with Gasteiger partial charge >= 0.3 is 5.97 Å². The molecule has 3 rings (SSSR count). The standard InChI is InChI=1S/C21H22FNO5/c1-14-7-3-5-9-18(14)27-13-20(24)23-12-15(11-17(23)21(25)26-2)28-19-10-6-4-8-16(19)22/h3-10,15,17H,11-13H2,1-2H3/t15-,17-/m1/s1. The molecule has 1 heterocycles. The van der Waals surface area contributed by atoms with Crippen LogP contribution in [0.4, 0.5) is 4.39 Å². The van der Waals surface area contributed by atoms with Gasteiger partial charge < -0.3 is 19.1 Å². The molecule has 1 fully saturated rings. The van der Waals surface area contributed by atoms with Crippen LogP contribution in [0.25, 0.3) is 0 Å². The van der Waals surface area contributed by atoms with Gasteiger partial charge in [-0.2, -0.15) is 0 Å². The minimum absolute atomic E-state index is 0.0848. The highest BCUT2D eigenvalue weighted by Gasteiger charge is 2.41. The molecule has 7 heteroatoms. The molecule has 0 radical (unpaired) electrons. The van der Waals surface area contributed by atoms with Crippen LogP contribution >= 0.6 is 0 Å². The Balaban J connectivity index is 1.68. The number of ether oxygens (including phenoxy) is 3. The van der Waals surface area contributed by atoms with Crippen LogP contribution in [0.2, 0.25) is 0 Å². The summed E-state index contributed by atoms with van der Waals surface area (Å²) >= 11 is 0. The van der Waals surface area contributed by atoms with Gasteiger partial charge in [0.25, 0.3) is 5.91 Å². The number of hydrogen-bond donors (Lipinski definition) is 0. The van der Waals surface area contributed by atoms with Crippen LogP contribution in [-0.2, 0) is 14.3 Å². The van der Waals surface area contributed by atoms with Crippen molar-refractivity contribution in [3.8, 4) is 11.5 Å². The van der Waals surface area contributed by atoms with Crippen molar-refractivity contribution in [3.05, 3.63) is 59.9 Å². The number of benzene rings is 2. The molecule has 1 saturated heterocycles. The van der Waals surface area contributed by atoms with Gasteiger partial charge in [0, 0.05) is 6.42 Å². The Morgan fingerprint density at radius 3 is 2.46 bits per heavy atom. The van der Waals surface area contributed by atoms with E-state index >= 15 is 0 Å². The van der Waals surface area contributed by atoms with Crippen molar-refractivity contribution >= 4 is 11.9 Å². The SMILES string of the molecule is COC(=O)[C@H]1C[C@@H](Oc2ccccc2F)CN1C(=O)COc1ccccc1C. The van der Waals surface area contributed by atoms with Gasteiger partial charge in [-0.1, -0.05) is 30.3 Å². The lowest BCUT2D eigenvalue weighted by Gasteiger charge is -2.22. The van der Waals surface area contributed by atoms with E-state index in [-0.39, 0.29) is 31.2 Å². The topological polar surface area (TPSA) is 65.1 Å². The summed E-state index contributed by atoms with van der Waals surface area (Å²) in [4.78, 5) is 26.2. The van der Waals surface area contributed by atoms with E-state index in [1.165, 1.54) is 24.1 Å². The molecule has 148 valence electrons. The monoisotopic (exact) mass is 387 g/mol. The number of carbonyl (C=O) groups excluding carboxylic acids is 2. The molecule has 0 N–H and O–H groups in total. The highest BCUT2D eigenvalue weighted by atomic mass is 19.1. The van der Waals surface area contributed by atoms with E-state index in [2.05, 4.69) is 0 Å². The van der Waals surface area contributed by atoms with Gasteiger partial charge in [-0.25, -0.2) is 9.18 Å². The summed E-state index contributed by atoms with van der Waals surface area (Å²) in [7, 11) is 1.26. The number of methoxy groups -OCH3 is 1. The van der Waals surface area contributed by atoms with Crippen molar-refractivity contribution in [2.45, 2.75) is 25.5 Å². The van der Waals surface area contributed by atoms with E-state index < -0.39 is 23.9 Å². The fourth-order valence-corrected chi connectivity index (χ4v) is 3.18. The van der Waals surface area contributed by atoms with Crippen LogP contribution in [0.5, 0.6) is 11.5 Å². The van der Waals surface area contributed by atoms with E-state index in [1.807, 2.05) is 25.1 Å². The van der Waals surface area contributed by atoms with E-state index in [0.717, 1.165) is 5.56 Å². The highest BCUT2D eigenvalue weighted by Crippen LogP contribution is 2.26. The lowest BCUT2D eigenvalue weighted by Crippen LogP contribution is -2.43. The fraction of sp³-hybridized carbons (Fsp3) is 0.333. The zero-order valence-electron chi connectivity index (χ0n) is 15.8. The van der Waals surface area contributed by atoms with Crippen LogP contribution < -0.4 is 9.47 Å². The molecular weight excluding hydrogens is 365 g/mol. The second-order valence-corrected chi connectivity index (χ2v) is 6.55. The van der Waals surface area contributed by atoms with Crippen LogP contribution in [0.1, 0.15) is 12.0 Å². The summed E-state index contributed by atoms with van der Waals surface area (Å²) in [6.07, 6.45) is -0.305. The largest absolute Gasteiger partial charge is 0.485 e. The van der Waals surface area contributed by atoms with Gasteiger partial charge in [-0.3, -0.25) is 4.79 Å². The number of nitrogens with zero attached hydrogens (tertiary/aromatic N) is 1. The maximum atomic E-state index is 13.8. The number of esters is 1. The molecule has 28 heavy (non-hydrogen) atoms. The molecule has 0 aromatic heterocycles.